The summed E-state index contributed by atoms with van der Waals surface area (Å²) in [4.78, 5) is 18.8. The first-order chi connectivity index (χ1) is 6.17. The highest BCUT2D eigenvalue weighted by atomic mass is 16.1. The fourth-order valence-corrected chi connectivity index (χ4v) is 1.01. The van der Waals surface area contributed by atoms with Gasteiger partial charge in [0.25, 0.3) is 0 Å². The molecule has 1 aromatic rings. The number of isocyanates is 1. The first kappa shape index (κ1) is 11.3. The zero-order valence-corrected chi connectivity index (χ0v) is 7.63. The summed E-state index contributed by atoms with van der Waals surface area (Å²) in [5.74, 6) is 0. The Morgan fingerprint density at radius 1 is 1.31 bits per heavy atom. The van der Waals surface area contributed by atoms with Crippen LogP contribution in [0.25, 0.3) is 0 Å². The molecule has 0 aliphatic rings. The second-order valence-corrected chi connectivity index (χ2v) is 2.53. The van der Waals surface area contributed by atoms with Gasteiger partial charge in [-0.25, -0.2) is 10.2 Å². The molecule has 3 nitrogen and oxygen atoms in total. The van der Waals surface area contributed by atoms with E-state index in [2.05, 4.69) is 0 Å². The molecule has 0 aromatic heterocycles. The fourth-order valence-electron chi connectivity index (χ4n) is 1.01. The maximum absolute atomic E-state index is 10.4. The summed E-state index contributed by atoms with van der Waals surface area (Å²) in [6.07, 6.45) is 1.66. The molecule has 0 atom stereocenters. The summed E-state index contributed by atoms with van der Waals surface area (Å²) in [5, 5.41) is 5.40. The highest BCUT2D eigenvalue weighted by Crippen LogP contribution is 2.09. The monoisotopic (exact) mass is 177 g/mol. The number of aryl methyl sites for hydroxylation is 2. The van der Waals surface area contributed by atoms with Gasteiger partial charge in [0, 0.05) is 5.56 Å². The van der Waals surface area contributed by atoms with E-state index in [4.69, 9.17) is 10.2 Å². The molecule has 0 fully saturated rings. The third-order valence-corrected chi connectivity index (χ3v) is 1.66. The highest BCUT2D eigenvalue weighted by molar-refractivity contribution is 5.79. The molecule has 0 radical (unpaired) electrons. The van der Waals surface area contributed by atoms with E-state index in [-0.39, 0.29) is 0 Å². The van der Waals surface area contributed by atoms with Gasteiger partial charge in [-0.05, 0) is 25.0 Å². The van der Waals surface area contributed by atoms with Gasteiger partial charge in [0.15, 0.2) is 6.29 Å². The highest BCUT2D eigenvalue weighted by Gasteiger charge is 1.97. The quantitative estimate of drug-likeness (QED) is 0.405. The Labute approximate surface area is 76.9 Å². The van der Waals surface area contributed by atoms with Crippen LogP contribution in [-0.2, 0) is 4.79 Å². The van der Waals surface area contributed by atoms with Gasteiger partial charge in [-0.1, -0.05) is 18.2 Å². The molecule has 68 valence electrons. The van der Waals surface area contributed by atoms with Crippen LogP contribution in [0.5, 0.6) is 0 Å². The lowest BCUT2D eigenvalue weighted by atomic mass is 10.1. The summed E-state index contributed by atoms with van der Waals surface area (Å²) < 4.78 is 0. The van der Waals surface area contributed by atoms with Gasteiger partial charge in [-0.15, -0.1) is 0 Å². The average molecular weight is 177 g/mol. The van der Waals surface area contributed by atoms with Crippen molar-refractivity contribution in [2.24, 2.45) is 0 Å². The normalized spacial score (nSPS) is 7.85. The van der Waals surface area contributed by atoms with E-state index < -0.39 is 0 Å². The molecule has 0 unspecified atom stereocenters. The van der Waals surface area contributed by atoms with E-state index in [0.29, 0.717) is 0 Å². The van der Waals surface area contributed by atoms with E-state index >= 15 is 0 Å². The van der Waals surface area contributed by atoms with Gasteiger partial charge in [0.2, 0.25) is 6.08 Å². The summed E-state index contributed by atoms with van der Waals surface area (Å²) in [7, 11) is 0. The van der Waals surface area contributed by atoms with E-state index in [1.165, 1.54) is 0 Å². The molecule has 0 saturated heterocycles. The maximum Gasteiger partial charge on any atom is 0.231 e. The van der Waals surface area contributed by atoms with E-state index in [1.54, 1.807) is 0 Å². The molecule has 1 aromatic carbocycles. The van der Waals surface area contributed by atoms with Crippen molar-refractivity contribution in [2.75, 3.05) is 0 Å². The fraction of sp³-hybridized carbons (Fsp3) is 0.200. The van der Waals surface area contributed by atoms with Crippen LogP contribution in [0, 0.1) is 19.3 Å². The molecular weight excluding hydrogens is 166 g/mol. The Balaban J connectivity index is 0.000000424. The van der Waals surface area contributed by atoms with Crippen molar-refractivity contribution >= 4 is 12.4 Å². The first-order valence-corrected chi connectivity index (χ1v) is 3.72. The lowest BCUT2D eigenvalue weighted by molar-refractivity contribution is 0.112. The second kappa shape index (κ2) is 5.86. The minimum Gasteiger partial charge on any atom is -0.298 e. The number of carbonyl (C=O) groups is 1. The number of benzene rings is 1. The van der Waals surface area contributed by atoms with E-state index in [0.717, 1.165) is 29.1 Å². The third kappa shape index (κ3) is 3.45. The Morgan fingerprint density at radius 2 is 1.69 bits per heavy atom. The van der Waals surface area contributed by atoms with Crippen LogP contribution >= 0.6 is 0 Å². The van der Waals surface area contributed by atoms with Gasteiger partial charge in [0.05, 0.1) is 0 Å². The van der Waals surface area contributed by atoms with Crippen molar-refractivity contribution in [1.29, 1.82) is 5.41 Å². The Bertz CT molecular complexity index is 305. The number of rotatable bonds is 1. The van der Waals surface area contributed by atoms with Crippen LogP contribution < -0.4 is 0 Å². The predicted octanol–water partition coefficient (Wildman–Crippen LogP) is 2.02. The molecule has 0 heterocycles. The van der Waals surface area contributed by atoms with Crippen molar-refractivity contribution in [3.8, 4) is 0 Å². The Hall–Kier alpha value is -1.73. The largest absolute Gasteiger partial charge is 0.298 e. The molecule has 1 rings (SSSR count). The zero-order valence-electron chi connectivity index (χ0n) is 7.63. The van der Waals surface area contributed by atoms with Crippen molar-refractivity contribution in [1.82, 2.24) is 0 Å². The van der Waals surface area contributed by atoms with E-state index in [1.807, 2.05) is 32.0 Å². The molecule has 0 aliphatic carbocycles. The van der Waals surface area contributed by atoms with Crippen LogP contribution in [0.15, 0.2) is 18.2 Å². The predicted molar refractivity (Wildman–Crippen MR) is 49.7 cm³/mol. The summed E-state index contributed by atoms with van der Waals surface area (Å²) >= 11 is 0. The molecule has 0 aliphatic heterocycles. The second-order valence-electron chi connectivity index (χ2n) is 2.53. The van der Waals surface area contributed by atoms with Crippen molar-refractivity contribution < 1.29 is 9.59 Å². The number of nitrogens with one attached hydrogen (secondary N) is 1. The summed E-state index contributed by atoms with van der Waals surface area (Å²) in [6, 6.07) is 5.84. The molecule has 0 spiro atoms. The molecule has 13 heavy (non-hydrogen) atoms. The molecule has 3 heteroatoms. The number of hydrogen-bond acceptors (Lipinski definition) is 3. The Morgan fingerprint density at radius 3 is 1.92 bits per heavy atom. The van der Waals surface area contributed by atoms with Crippen LogP contribution in [0.3, 0.4) is 0 Å². The number of aldehydes is 1. The summed E-state index contributed by atoms with van der Waals surface area (Å²) in [6.45, 7) is 3.88. The van der Waals surface area contributed by atoms with Crippen LogP contribution in [-0.4, -0.2) is 12.4 Å². The van der Waals surface area contributed by atoms with Crippen LogP contribution in [0.1, 0.15) is 21.5 Å². The van der Waals surface area contributed by atoms with Gasteiger partial charge >= 0.3 is 0 Å². The SMILES string of the molecule is Cc1cccc(C)c1C=O.N=C=O. The van der Waals surface area contributed by atoms with Crippen LogP contribution in [0.4, 0.5) is 0 Å². The van der Waals surface area contributed by atoms with Crippen molar-refractivity contribution in [3.05, 3.63) is 34.9 Å². The van der Waals surface area contributed by atoms with E-state index in [9.17, 15) is 4.79 Å². The lowest BCUT2D eigenvalue weighted by Gasteiger charge is -1.99. The minimum atomic E-state index is 0.750. The standard InChI is InChI=1S/C9H10O.CHNO/c1-7-4-3-5-8(2)9(7)6-10;2-1-3/h3-6H,1-2H3;2H. The zero-order chi connectivity index (χ0) is 10.3. The van der Waals surface area contributed by atoms with Crippen molar-refractivity contribution in [2.45, 2.75) is 13.8 Å². The molecular formula is C10H11NO2. The number of carbonyl (C=O) groups excluding carboxylic acids is 2. The smallest absolute Gasteiger partial charge is 0.231 e. The van der Waals surface area contributed by atoms with Gasteiger partial charge in [-0.3, -0.25) is 4.79 Å². The van der Waals surface area contributed by atoms with Crippen molar-refractivity contribution in [3.63, 3.8) is 0 Å². The van der Waals surface area contributed by atoms with Crippen LogP contribution in [0.2, 0.25) is 0 Å². The molecule has 0 saturated carbocycles. The molecule has 0 amide bonds. The molecule has 0 bridgehead atoms. The first-order valence-electron chi connectivity index (χ1n) is 3.72. The summed E-state index contributed by atoms with van der Waals surface area (Å²) in [5.41, 5.74) is 2.92. The van der Waals surface area contributed by atoms with Gasteiger partial charge in [0.1, 0.15) is 0 Å². The van der Waals surface area contributed by atoms with Gasteiger partial charge < -0.3 is 0 Å². The van der Waals surface area contributed by atoms with Gasteiger partial charge in [-0.2, -0.15) is 0 Å². The number of hydrogen-bond donors (Lipinski definition) is 1. The third-order valence-electron chi connectivity index (χ3n) is 1.66. The average Bonchev–Trinajstić information content (AvgIpc) is 2.06. The minimum absolute atomic E-state index is 0.750. The topological polar surface area (TPSA) is 58.0 Å². The Kier molecular flexibility index (Phi) is 5.08. The molecule has 1 N–H and O–H groups in total. The lowest BCUT2D eigenvalue weighted by Crippen LogP contribution is -1.89. The maximum atomic E-state index is 10.4.